The second-order valence-corrected chi connectivity index (χ2v) is 8.44. The van der Waals surface area contributed by atoms with Crippen LogP contribution in [-0.2, 0) is 17.6 Å². The number of nitrogens with zero attached hydrogens (tertiary/aromatic N) is 3. The predicted octanol–water partition coefficient (Wildman–Crippen LogP) is 4.56. The number of aryl methyl sites for hydroxylation is 2. The van der Waals surface area contributed by atoms with Crippen molar-refractivity contribution in [3.05, 3.63) is 47.2 Å². The van der Waals surface area contributed by atoms with Crippen LogP contribution in [0.5, 0.6) is 0 Å². The van der Waals surface area contributed by atoms with Gasteiger partial charge in [0.25, 0.3) is 0 Å². The van der Waals surface area contributed by atoms with Crippen molar-refractivity contribution in [3.8, 4) is 6.07 Å². The van der Waals surface area contributed by atoms with Crippen LogP contribution in [0.3, 0.4) is 0 Å². The van der Waals surface area contributed by atoms with Crippen molar-refractivity contribution in [1.82, 2.24) is 9.97 Å². The number of carbonyl (C=O) groups is 1. The van der Waals surface area contributed by atoms with E-state index >= 15 is 0 Å². The molecule has 0 fully saturated rings. The normalized spacial score (nSPS) is 13.6. The van der Waals surface area contributed by atoms with E-state index in [0.717, 1.165) is 41.6 Å². The van der Waals surface area contributed by atoms with Gasteiger partial charge in [-0.25, -0.2) is 9.97 Å². The number of carbonyl (C=O) groups excluding carboxylic acids is 1. The van der Waals surface area contributed by atoms with Crippen LogP contribution in [-0.4, -0.2) is 21.6 Å². The van der Waals surface area contributed by atoms with Crippen molar-refractivity contribution in [2.24, 2.45) is 0 Å². The molecule has 0 aliphatic heterocycles. The Balaban J connectivity index is 1.45. The summed E-state index contributed by atoms with van der Waals surface area (Å²) in [6.45, 7) is 0. The van der Waals surface area contributed by atoms with E-state index in [1.807, 2.05) is 30.3 Å². The van der Waals surface area contributed by atoms with Gasteiger partial charge in [-0.05, 0) is 49.4 Å². The van der Waals surface area contributed by atoms with Crippen LogP contribution >= 0.6 is 23.1 Å². The Morgan fingerprint density at radius 3 is 2.93 bits per heavy atom. The summed E-state index contributed by atoms with van der Waals surface area (Å²) in [6, 6.07) is 12.0. The lowest BCUT2D eigenvalue weighted by molar-refractivity contribution is -0.113. The lowest BCUT2D eigenvalue weighted by Crippen LogP contribution is -2.14. The van der Waals surface area contributed by atoms with Crippen LogP contribution in [0.2, 0.25) is 0 Å². The molecule has 1 aliphatic carbocycles. The van der Waals surface area contributed by atoms with E-state index in [1.165, 1.54) is 35.1 Å². The van der Waals surface area contributed by atoms with Gasteiger partial charge in [0, 0.05) is 5.69 Å². The zero-order valence-corrected chi connectivity index (χ0v) is 16.3. The summed E-state index contributed by atoms with van der Waals surface area (Å²) in [5.74, 6) is 0.0656. The van der Waals surface area contributed by atoms with Gasteiger partial charge in [-0.3, -0.25) is 4.79 Å². The fourth-order valence-electron chi connectivity index (χ4n) is 3.20. The maximum Gasteiger partial charge on any atom is 0.236 e. The third-order valence-electron chi connectivity index (χ3n) is 4.52. The number of aromatic nitrogens is 2. The monoisotopic (exact) mass is 394 g/mol. The molecule has 0 bridgehead atoms. The van der Waals surface area contributed by atoms with Crippen LogP contribution in [0, 0.1) is 11.3 Å². The Labute approximate surface area is 165 Å². The SMILES string of the molecule is N#Cc1cc2c(nc1SCC(=O)Nc1nc3ccccc3s1)CCCCC2. The Kier molecular flexibility index (Phi) is 5.37. The van der Waals surface area contributed by atoms with Gasteiger partial charge in [0.2, 0.25) is 5.91 Å². The first kappa shape index (κ1) is 18.0. The Bertz CT molecular complexity index is 1010. The first-order chi connectivity index (χ1) is 13.2. The summed E-state index contributed by atoms with van der Waals surface area (Å²) in [7, 11) is 0. The first-order valence-electron chi connectivity index (χ1n) is 8.94. The number of anilines is 1. The fourth-order valence-corrected chi connectivity index (χ4v) is 4.85. The van der Waals surface area contributed by atoms with E-state index < -0.39 is 0 Å². The first-order valence-corrected chi connectivity index (χ1v) is 10.7. The summed E-state index contributed by atoms with van der Waals surface area (Å²) in [5.41, 5.74) is 3.71. The molecule has 2 aromatic heterocycles. The number of hydrogen-bond acceptors (Lipinski definition) is 6. The molecule has 27 heavy (non-hydrogen) atoms. The lowest BCUT2D eigenvalue weighted by atomic mass is 10.1. The molecule has 5 nitrogen and oxygen atoms in total. The molecule has 0 saturated carbocycles. The average Bonchev–Trinajstić information content (AvgIpc) is 2.94. The highest BCUT2D eigenvalue weighted by Crippen LogP contribution is 2.28. The molecule has 7 heteroatoms. The van der Waals surface area contributed by atoms with E-state index in [1.54, 1.807) is 0 Å². The van der Waals surface area contributed by atoms with Crippen molar-refractivity contribution in [2.45, 2.75) is 37.1 Å². The van der Waals surface area contributed by atoms with Gasteiger partial charge in [-0.1, -0.05) is 41.7 Å². The highest BCUT2D eigenvalue weighted by molar-refractivity contribution is 8.00. The molecule has 2 heterocycles. The molecule has 0 saturated heterocycles. The van der Waals surface area contributed by atoms with E-state index in [-0.39, 0.29) is 11.7 Å². The summed E-state index contributed by atoms with van der Waals surface area (Å²) in [5, 5.41) is 13.6. The van der Waals surface area contributed by atoms with Gasteiger partial charge < -0.3 is 5.32 Å². The number of pyridine rings is 1. The molecular formula is C20H18N4OS2. The Hall–Kier alpha value is -2.43. The molecule has 1 amide bonds. The quantitative estimate of drug-likeness (QED) is 0.518. The largest absolute Gasteiger partial charge is 0.301 e. The van der Waals surface area contributed by atoms with Gasteiger partial charge >= 0.3 is 0 Å². The van der Waals surface area contributed by atoms with Crippen molar-refractivity contribution in [3.63, 3.8) is 0 Å². The van der Waals surface area contributed by atoms with Crippen LogP contribution in [0.25, 0.3) is 10.2 Å². The highest BCUT2D eigenvalue weighted by Gasteiger charge is 2.16. The highest BCUT2D eigenvalue weighted by atomic mass is 32.2. The number of thiazole rings is 1. The smallest absolute Gasteiger partial charge is 0.236 e. The van der Waals surface area contributed by atoms with E-state index in [0.29, 0.717) is 15.7 Å². The Morgan fingerprint density at radius 1 is 1.22 bits per heavy atom. The summed E-state index contributed by atoms with van der Waals surface area (Å²) >= 11 is 2.77. The number of thioether (sulfide) groups is 1. The van der Waals surface area contributed by atoms with Crippen molar-refractivity contribution in [2.75, 3.05) is 11.1 Å². The average molecular weight is 395 g/mol. The van der Waals surface area contributed by atoms with E-state index in [9.17, 15) is 10.1 Å². The van der Waals surface area contributed by atoms with Crippen LogP contribution in [0.15, 0.2) is 35.4 Å². The minimum atomic E-state index is -0.139. The molecule has 136 valence electrons. The van der Waals surface area contributed by atoms with Gasteiger partial charge in [0.15, 0.2) is 5.13 Å². The number of hydrogen-bond donors (Lipinski definition) is 1. The van der Waals surface area contributed by atoms with Crippen molar-refractivity contribution < 1.29 is 4.79 Å². The third kappa shape index (κ3) is 4.12. The third-order valence-corrected chi connectivity index (χ3v) is 6.46. The number of nitrogens with one attached hydrogen (secondary N) is 1. The predicted molar refractivity (Wildman–Crippen MR) is 109 cm³/mol. The van der Waals surface area contributed by atoms with E-state index in [2.05, 4.69) is 16.4 Å². The minimum absolute atomic E-state index is 0.139. The summed E-state index contributed by atoms with van der Waals surface area (Å²) in [4.78, 5) is 21.5. The zero-order chi connectivity index (χ0) is 18.6. The second-order valence-electron chi connectivity index (χ2n) is 6.44. The van der Waals surface area contributed by atoms with Gasteiger partial charge in [0.1, 0.15) is 11.1 Å². The summed E-state index contributed by atoms with van der Waals surface area (Å²) in [6.07, 6.45) is 5.42. The summed E-state index contributed by atoms with van der Waals surface area (Å²) < 4.78 is 1.04. The fraction of sp³-hybridized carbons (Fsp3) is 0.300. The van der Waals surface area contributed by atoms with Crippen molar-refractivity contribution >= 4 is 44.4 Å². The number of benzene rings is 1. The molecule has 3 aromatic rings. The zero-order valence-electron chi connectivity index (χ0n) is 14.7. The maximum absolute atomic E-state index is 12.3. The number of para-hydroxylation sites is 1. The topological polar surface area (TPSA) is 78.7 Å². The molecule has 0 spiro atoms. The number of amides is 1. The molecule has 1 aliphatic rings. The maximum atomic E-state index is 12.3. The molecule has 1 aromatic carbocycles. The lowest BCUT2D eigenvalue weighted by Gasteiger charge is -2.09. The number of nitriles is 1. The van der Waals surface area contributed by atoms with Crippen LogP contribution in [0.4, 0.5) is 5.13 Å². The van der Waals surface area contributed by atoms with Gasteiger partial charge in [0.05, 0.1) is 21.5 Å². The molecule has 1 N–H and O–H groups in total. The minimum Gasteiger partial charge on any atom is -0.301 e. The van der Waals surface area contributed by atoms with Gasteiger partial charge in [-0.15, -0.1) is 0 Å². The second kappa shape index (κ2) is 8.07. The standard InChI is InChI=1S/C20H18N4OS2/c21-11-14-10-13-6-2-1-3-7-15(13)22-19(14)26-12-18(25)24-20-23-16-8-4-5-9-17(16)27-20/h4-5,8-10H,1-3,6-7,12H2,(H,23,24,25). The molecular weight excluding hydrogens is 376 g/mol. The molecule has 4 rings (SSSR count). The number of fused-ring (bicyclic) bond motifs is 2. The van der Waals surface area contributed by atoms with Crippen LogP contribution in [0.1, 0.15) is 36.1 Å². The van der Waals surface area contributed by atoms with E-state index in [4.69, 9.17) is 4.98 Å². The molecule has 0 unspecified atom stereocenters. The number of rotatable bonds is 4. The van der Waals surface area contributed by atoms with Crippen LogP contribution < -0.4 is 5.32 Å². The van der Waals surface area contributed by atoms with Gasteiger partial charge in [-0.2, -0.15) is 5.26 Å². The molecule has 0 atom stereocenters. The molecule has 0 radical (unpaired) electrons. The van der Waals surface area contributed by atoms with Crippen molar-refractivity contribution in [1.29, 1.82) is 5.26 Å². The Morgan fingerprint density at radius 2 is 2.07 bits per heavy atom.